The molecule has 0 N–H and O–H groups in total. The predicted octanol–water partition coefficient (Wildman–Crippen LogP) is 4.83. The number of nitrogens with zero attached hydrogens (tertiary/aromatic N) is 1. The maximum absolute atomic E-state index is 12.6. The molecule has 0 heterocycles. The molecule has 20 heavy (non-hydrogen) atoms. The molecule has 0 saturated carbocycles. The topological polar surface area (TPSA) is 20.3 Å². The number of amides is 1. The Morgan fingerprint density at radius 1 is 1.00 bits per heavy atom. The van der Waals surface area contributed by atoms with Crippen LogP contribution in [0.4, 0.5) is 0 Å². The Morgan fingerprint density at radius 2 is 1.45 bits per heavy atom. The lowest BCUT2D eigenvalue weighted by Gasteiger charge is -2.24. The van der Waals surface area contributed by atoms with Gasteiger partial charge in [0.25, 0.3) is 5.91 Å². The molecule has 0 fully saturated rings. The molecule has 0 saturated heterocycles. The van der Waals surface area contributed by atoms with Crippen LogP contribution in [0, 0.1) is 15.4 Å². The standard InChI is InChI=1S/C17H26INO/c1-13(2)9-11-19(12-10-14(3)4)17(20)15-5-7-16(18)8-6-15/h5-8,13-14H,9-12H2,1-4H3. The van der Waals surface area contributed by atoms with Gasteiger partial charge in [-0.3, -0.25) is 4.79 Å². The van der Waals surface area contributed by atoms with Gasteiger partial charge in [-0.15, -0.1) is 0 Å². The summed E-state index contributed by atoms with van der Waals surface area (Å²) in [5.74, 6) is 1.42. The van der Waals surface area contributed by atoms with Crippen LogP contribution in [0.25, 0.3) is 0 Å². The second kappa shape index (κ2) is 8.65. The SMILES string of the molecule is CC(C)CCN(CCC(C)C)C(=O)c1ccc(I)cc1. The van der Waals surface area contributed by atoms with E-state index in [0.717, 1.165) is 35.1 Å². The Bertz CT molecular complexity index is 400. The number of hydrogen-bond acceptors (Lipinski definition) is 1. The van der Waals surface area contributed by atoms with E-state index >= 15 is 0 Å². The molecular formula is C17H26INO. The number of carbonyl (C=O) groups is 1. The molecule has 0 aliphatic heterocycles. The molecule has 1 aromatic rings. The first kappa shape index (κ1) is 17.5. The van der Waals surface area contributed by atoms with Crippen molar-refractivity contribution in [1.29, 1.82) is 0 Å². The minimum absolute atomic E-state index is 0.169. The summed E-state index contributed by atoms with van der Waals surface area (Å²) in [6.07, 6.45) is 2.13. The van der Waals surface area contributed by atoms with Gasteiger partial charge in [-0.05, 0) is 71.5 Å². The zero-order chi connectivity index (χ0) is 15.1. The second-order valence-corrected chi connectivity index (χ2v) is 7.41. The molecule has 0 radical (unpaired) electrons. The van der Waals surface area contributed by atoms with Gasteiger partial charge in [-0.1, -0.05) is 27.7 Å². The molecule has 0 unspecified atom stereocenters. The van der Waals surface area contributed by atoms with Crippen LogP contribution >= 0.6 is 22.6 Å². The molecule has 0 atom stereocenters. The van der Waals surface area contributed by atoms with Crippen molar-refractivity contribution in [1.82, 2.24) is 4.90 Å². The monoisotopic (exact) mass is 387 g/mol. The molecule has 0 aliphatic carbocycles. The van der Waals surface area contributed by atoms with Crippen molar-refractivity contribution in [3.63, 3.8) is 0 Å². The van der Waals surface area contributed by atoms with E-state index in [9.17, 15) is 4.79 Å². The van der Waals surface area contributed by atoms with Crippen LogP contribution in [0.1, 0.15) is 50.9 Å². The Hall–Kier alpha value is -0.580. The third kappa shape index (κ3) is 6.25. The average molecular weight is 387 g/mol. The number of hydrogen-bond donors (Lipinski definition) is 0. The first-order valence-corrected chi connectivity index (χ1v) is 8.53. The summed E-state index contributed by atoms with van der Waals surface area (Å²) in [6.45, 7) is 10.5. The lowest BCUT2D eigenvalue weighted by Crippen LogP contribution is -2.34. The van der Waals surface area contributed by atoms with E-state index in [1.807, 2.05) is 29.2 Å². The number of rotatable bonds is 7. The molecule has 1 aromatic carbocycles. The normalized spacial score (nSPS) is 11.2. The Labute approximate surface area is 137 Å². The molecule has 1 rings (SSSR count). The first-order valence-electron chi connectivity index (χ1n) is 7.45. The van der Waals surface area contributed by atoms with Crippen molar-refractivity contribution >= 4 is 28.5 Å². The van der Waals surface area contributed by atoms with E-state index in [-0.39, 0.29) is 5.91 Å². The summed E-state index contributed by atoms with van der Waals surface area (Å²) in [5.41, 5.74) is 0.804. The van der Waals surface area contributed by atoms with Crippen molar-refractivity contribution in [2.45, 2.75) is 40.5 Å². The van der Waals surface area contributed by atoms with Crippen molar-refractivity contribution in [3.8, 4) is 0 Å². The molecule has 0 bridgehead atoms. The summed E-state index contributed by atoms with van der Waals surface area (Å²) in [4.78, 5) is 14.6. The Kier molecular flexibility index (Phi) is 7.56. The van der Waals surface area contributed by atoms with Gasteiger partial charge in [0.1, 0.15) is 0 Å². The van der Waals surface area contributed by atoms with Crippen LogP contribution in [0.2, 0.25) is 0 Å². The van der Waals surface area contributed by atoms with Crippen molar-refractivity contribution < 1.29 is 4.79 Å². The largest absolute Gasteiger partial charge is 0.339 e. The molecule has 0 spiro atoms. The van der Waals surface area contributed by atoms with Crippen LogP contribution in [-0.4, -0.2) is 23.9 Å². The minimum Gasteiger partial charge on any atom is -0.339 e. The van der Waals surface area contributed by atoms with E-state index in [0.29, 0.717) is 11.8 Å². The number of halogens is 1. The average Bonchev–Trinajstić information content (AvgIpc) is 2.38. The molecule has 1 amide bonds. The van der Waals surface area contributed by atoms with Gasteiger partial charge in [0.15, 0.2) is 0 Å². The van der Waals surface area contributed by atoms with Crippen molar-refractivity contribution in [2.24, 2.45) is 11.8 Å². The molecule has 0 aromatic heterocycles. The zero-order valence-corrected chi connectivity index (χ0v) is 15.2. The highest BCUT2D eigenvalue weighted by Gasteiger charge is 2.16. The van der Waals surface area contributed by atoms with Crippen LogP contribution in [0.3, 0.4) is 0 Å². The molecule has 112 valence electrons. The van der Waals surface area contributed by atoms with Crippen LogP contribution < -0.4 is 0 Å². The lowest BCUT2D eigenvalue weighted by atomic mass is 10.1. The van der Waals surface area contributed by atoms with Gasteiger partial charge in [0.2, 0.25) is 0 Å². The molecule has 0 aliphatic rings. The van der Waals surface area contributed by atoms with E-state index in [2.05, 4.69) is 50.3 Å². The van der Waals surface area contributed by atoms with Gasteiger partial charge in [0.05, 0.1) is 0 Å². The van der Waals surface area contributed by atoms with Crippen LogP contribution in [0.15, 0.2) is 24.3 Å². The highest BCUT2D eigenvalue weighted by molar-refractivity contribution is 14.1. The molecular weight excluding hydrogens is 361 g/mol. The van der Waals surface area contributed by atoms with Crippen LogP contribution in [0.5, 0.6) is 0 Å². The summed E-state index contributed by atoms with van der Waals surface area (Å²) in [6, 6.07) is 7.86. The Balaban J connectivity index is 2.74. The molecule has 3 heteroatoms. The summed E-state index contributed by atoms with van der Waals surface area (Å²) in [5, 5.41) is 0. The summed E-state index contributed by atoms with van der Waals surface area (Å²) >= 11 is 2.26. The first-order chi connectivity index (χ1) is 9.40. The van der Waals surface area contributed by atoms with Gasteiger partial charge in [-0.2, -0.15) is 0 Å². The van der Waals surface area contributed by atoms with E-state index in [1.165, 1.54) is 0 Å². The lowest BCUT2D eigenvalue weighted by molar-refractivity contribution is 0.0741. The van der Waals surface area contributed by atoms with Gasteiger partial charge < -0.3 is 4.90 Å². The minimum atomic E-state index is 0.169. The number of carbonyl (C=O) groups excluding carboxylic acids is 1. The maximum Gasteiger partial charge on any atom is 0.253 e. The maximum atomic E-state index is 12.6. The third-order valence-corrected chi connectivity index (χ3v) is 4.05. The Morgan fingerprint density at radius 3 is 1.85 bits per heavy atom. The quantitative estimate of drug-likeness (QED) is 0.614. The predicted molar refractivity (Wildman–Crippen MR) is 94.0 cm³/mol. The fourth-order valence-electron chi connectivity index (χ4n) is 1.92. The zero-order valence-electron chi connectivity index (χ0n) is 13.0. The van der Waals surface area contributed by atoms with Gasteiger partial charge >= 0.3 is 0 Å². The number of benzene rings is 1. The van der Waals surface area contributed by atoms with Crippen LogP contribution in [-0.2, 0) is 0 Å². The molecule has 2 nitrogen and oxygen atoms in total. The van der Waals surface area contributed by atoms with E-state index in [1.54, 1.807) is 0 Å². The highest BCUT2D eigenvalue weighted by atomic mass is 127. The summed E-state index contributed by atoms with van der Waals surface area (Å²) in [7, 11) is 0. The van der Waals surface area contributed by atoms with Crippen molar-refractivity contribution in [2.75, 3.05) is 13.1 Å². The second-order valence-electron chi connectivity index (χ2n) is 6.16. The van der Waals surface area contributed by atoms with Gasteiger partial charge in [-0.25, -0.2) is 0 Å². The smallest absolute Gasteiger partial charge is 0.253 e. The fourth-order valence-corrected chi connectivity index (χ4v) is 2.28. The fraction of sp³-hybridized carbons (Fsp3) is 0.588. The summed E-state index contributed by atoms with van der Waals surface area (Å²) < 4.78 is 1.16. The highest BCUT2D eigenvalue weighted by Crippen LogP contribution is 2.13. The third-order valence-electron chi connectivity index (χ3n) is 3.33. The van der Waals surface area contributed by atoms with E-state index in [4.69, 9.17) is 0 Å². The van der Waals surface area contributed by atoms with Crippen molar-refractivity contribution in [3.05, 3.63) is 33.4 Å². The van der Waals surface area contributed by atoms with Gasteiger partial charge in [0, 0.05) is 22.2 Å². The van der Waals surface area contributed by atoms with E-state index < -0.39 is 0 Å².